The molecular weight excluding hydrogens is 837 g/mol. The van der Waals surface area contributed by atoms with Crippen molar-refractivity contribution in [3.8, 4) is 5.75 Å². The first kappa shape index (κ1) is 47.1. The van der Waals surface area contributed by atoms with Crippen molar-refractivity contribution in [1.82, 2.24) is 47.1 Å². The Balaban J connectivity index is 1.72. The lowest BCUT2D eigenvalue weighted by atomic mass is 9.93. The summed E-state index contributed by atoms with van der Waals surface area (Å²) in [4.78, 5) is 128. The van der Waals surface area contributed by atoms with Crippen LogP contribution in [0.3, 0.4) is 0 Å². The molecule has 9 amide bonds. The number of carbonyl (C=O) groups excluding carboxylic acids is 9. The van der Waals surface area contributed by atoms with Crippen molar-refractivity contribution < 1.29 is 63.6 Å². The molecule has 10 atom stereocenters. The van der Waals surface area contributed by atoms with Crippen molar-refractivity contribution in [2.24, 2.45) is 17.6 Å². The molecule has 0 saturated carbocycles. The van der Waals surface area contributed by atoms with E-state index in [1.54, 1.807) is 13.8 Å². The summed E-state index contributed by atoms with van der Waals surface area (Å²) in [6, 6.07) is -3.71. The Morgan fingerprint density at radius 2 is 1.56 bits per heavy atom. The highest BCUT2D eigenvalue weighted by atomic mass is 32.2. The number of thioether (sulfide) groups is 1. The zero-order chi connectivity index (χ0) is 45.6. The summed E-state index contributed by atoms with van der Waals surface area (Å²) < 4.78 is 0. The second-order valence-corrected chi connectivity index (χ2v) is 16.7. The van der Waals surface area contributed by atoms with Crippen LogP contribution < -0.4 is 43.0 Å². The van der Waals surface area contributed by atoms with Gasteiger partial charge in [0.25, 0.3) is 5.91 Å². The SMILES string of the molecule is CC[C@H](C)[C@@H]1NC(=O)CNC(=O)[C@@H]2Cc3c([nH]c4cc(O)ccc34)S[C@H](NC(=O)CNC1=O)C(=O)NC(CC(N)=O)C(=O)N1C[C@H](O)C[C@H]1C(=O)N[C@@H]([C@@H](C)[C@@H](O)CO)C(=O)N2. The average Bonchev–Trinajstić information content (AvgIpc) is 3.78. The summed E-state index contributed by atoms with van der Waals surface area (Å²) >= 11 is 0.655. The van der Waals surface area contributed by atoms with Crippen molar-refractivity contribution in [2.75, 3.05) is 26.2 Å². The number of nitrogens with zero attached hydrogens (tertiary/aromatic N) is 1. The molecule has 0 radical (unpaired) electrons. The number of aliphatic hydroxyl groups excluding tert-OH is 3. The summed E-state index contributed by atoms with van der Waals surface area (Å²) in [6.07, 6.45) is -4.13. The fourth-order valence-corrected chi connectivity index (χ4v) is 8.49. The van der Waals surface area contributed by atoms with E-state index in [0.29, 0.717) is 23.6 Å². The first-order valence-electron chi connectivity index (χ1n) is 19.9. The number of amides is 9. The van der Waals surface area contributed by atoms with Crippen LogP contribution in [0.5, 0.6) is 5.75 Å². The topological polar surface area (TPSA) is 364 Å². The number of nitrogens with two attached hydrogens (primary N) is 1. The minimum atomic E-state index is -1.78. The second-order valence-electron chi connectivity index (χ2n) is 15.6. The number of phenols is 1. The van der Waals surface area contributed by atoms with Crippen molar-refractivity contribution >= 4 is 75.8 Å². The molecule has 14 N–H and O–H groups in total. The quantitative estimate of drug-likeness (QED) is 0.124. The monoisotopic (exact) mass is 888 g/mol. The summed E-state index contributed by atoms with van der Waals surface area (Å²) in [5.74, 6) is -10.7. The first-order chi connectivity index (χ1) is 29.3. The number of aromatic nitrogens is 1. The van der Waals surface area contributed by atoms with Gasteiger partial charge < -0.3 is 73.3 Å². The number of aromatic amines is 1. The molecule has 23 nitrogen and oxygen atoms in total. The average molecular weight is 889 g/mol. The van der Waals surface area contributed by atoms with Gasteiger partial charge in [-0.25, -0.2) is 0 Å². The molecule has 1 unspecified atom stereocenters. The molecule has 1 fully saturated rings. The van der Waals surface area contributed by atoms with Gasteiger partial charge in [-0.15, -0.1) is 0 Å². The van der Waals surface area contributed by atoms with E-state index in [4.69, 9.17) is 5.73 Å². The van der Waals surface area contributed by atoms with Crippen LogP contribution in [0.1, 0.15) is 45.6 Å². The van der Waals surface area contributed by atoms with Crippen LogP contribution in [0.4, 0.5) is 0 Å². The molecule has 2 aromatic rings. The summed E-state index contributed by atoms with van der Waals surface area (Å²) in [5.41, 5.74) is 5.99. The molecule has 1 aromatic carbocycles. The number of aromatic hydroxyl groups is 1. The second kappa shape index (κ2) is 20.3. The van der Waals surface area contributed by atoms with Gasteiger partial charge in [0, 0.05) is 36.8 Å². The lowest BCUT2D eigenvalue weighted by Gasteiger charge is -2.32. The Morgan fingerprint density at radius 3 is 2.23 bits per heavy atom. The van der Waals surface area contributed by atoms with Gasteiger partial charge in [-0.1, -0.05) is 39.0 Å². The number of hydrogen-bond acceptors (Lipinski definition) is 14. The van der Waals surface area contributed by atoms with Gasteiger partial charge >= 0.3 is 0 Å². The number of fused-ring (bicyclic) bond motifs is 4. The molecule has 0 spiro atoms. The van der Waals surface area contributed by atoms with E-state index in [-0.39, 0.29) is 28.3 Å². The fraction of sp³-hybridized carbons (Fsp3) is 0.553. The molecular formula is C38H52N10O13S. The predicted octanol–water partition coefficient (Wildman–Crippen LogP) is -4.98. The van der Waals surface area contributed by atoms with E-state index in [1.165, 1.54) is 25.1 Å². The lowest BCUT2D eigenvalue weighted by molar-refractivity contribution is -0.143. The molecule has 62 heavy (non-hydrogen) atoms. The smallest absolute Gasteiger partial charge is 0.254 e. The van der Waals surface area contributed by atoms with E-state index < -0.39 is 152 Å². The molecule has 24 heteroatoms. The van der Waals surface area contributed by atoms with Crippen molar-refractivity contribution in [1.29, 1.82) is 0 Å². The summed E-state index contributed by atoms with van der Waals surface area (Å²) in [7, 11) is 0. The van der Waals surface area contributed by atoms with Gasteiger partial charge in [0.2, 0.25) is 47.3 Å². The number of primary amides is 1. The predicted molar refractivity (Wildman–Crippen MR) is 217 cm³/mol. The van der Waals surface area contributed by atoms with Crippen LogP contribution in [0.15, 0.2) is 23.2 Å². The molecule has 5 rings (SSSR count). The number of hydrogen-bond donors (Lipinski definition) is 13. The van der Waals surface area contributed by atoms with Crippen LogP contribution in [-0.4, -0.2) is 158 Å². The number of rotatable bonds is 7. The summed E-state index contributed by atoms with van der Waals surface area (Å²) in [5, 5.41) is 57.7. The number of benzene rings is 1. The number of nitrogens with one attached hydrogen (secondary N) is 8. The highest BCUT2D eigenvalue weighted by Gasteiger charge is 2.45. The molecule has 1 aromatic heterocycles. The third-order valence-electron chi connectivity index (χ3n) is 11.1. The number of H-pyrrole nitrogens is 1. The Labute approximate surface area is 358 Å². The Hall–Kier alpha value is -5.98. The van der Waals surface area contributed by atoms with Crippen LogP contribution >= 0.6 is 11.8 Å². The fourth-order valence-electron chi connectivity index (χ4n) is 7.38. The lowest BCUT2D eigenvalue weighted by Crippen LogP contribution is -2.61. The van der Waals surface area contributed by atoms with Crippen LogP contribution in [-0.2, 0) is 49.6 Å². The van der Waals surface area contributed by atoms with Crippen molar-refractivity contribution in [3.05, 3.63) is 23.8 Å². The zero-order valence-electron chi connectivity index (χ0n) is 34.1. The largest absolute Gasteiger partial charge is 0.508 e. The maximum absolute atomic E-state index is 14.4. The van der Waals surface area contributed by atoms with Gasteiger partial charge in [-0.3, -0.25) is 43.2 Å². The van der Waals surface area contributed by atoms with Gasteiger partial charge in [0.1, 0.15) is 36.0 Å². The maximum Gasteiger partial charge on any atom is 0.254 e. The summed E-state index contributed by atoms with van der Waals surface area (Å²) in [6.45, 7) is 2.01. The Bertz CT molecular complexity index is 2100. The standard InChI is InChI=1S/C38H52N10O13S/c1-4-15(2)29-33(58)41-12-28(55)46-37-35(60)43-23(10-26(39)53)38(61)48-13-18(51)8-24(48)32(57)47-30(16(3)25(52)14-49)34(59)42-22(31(56)40-11-27(54)45-29)9-20-19-6-5-17(50)7-21(19)44-36(20)62-37/h5-7,15-16,18,22-25,29-30,37,44,49-52H,4,8-14H2,1-3H3,(H2,39,53)(H,40,56)(H,41,58)(H,42,59)(H,43,60)(H,45,54)(H,46,55)(H,47,57)/t15-,16-,18+,22-,23?,24-,25-,29-,30-,37-/m0/s1. The molecule has 3 aliphatic rings. The minimum absolute atomic E-state index is 0.0831. The van der Waals surface area contributed by atoms with Gasteiger partial charge in [0.05, 0.1) is 48.9 Å². The van der Waals surface area contributed by atoms with E-state index in [0.717, 1.165) is 4.90 Å². The zero-order valence-corrected chi connectivity index (χ0v) is 34.9. The highest BCUT2D eigenvalue weighted by molar-refractivity contribution is 8.00. The van der Waals surface area contributed by atoms with Crippen molar-refractivity contribution in [3.63, 3.8) is 0 Å². The third kappa shape index (κ3) is 11.1. The minimum Gasteiger partial charge on any atom is -0.508 e. The van der Waals surface area contributed by atoms with Gasteiger partial charge in [-0.2, -0.15) is 0 Å². The third-order valence-corrected chi connectivity index (χ3v) is 12.3. The Morgan fingerprint density at radius 1 is 0.887 bits per heavy atom. The van der Waals surface area contributed by atoms with Crippen LogP contribution in [0.25, 0.3) is 10.9 Å². The van der Waals surface area contributed by atoms with E-state index in [2.05, 4.69) is 42.2 Å². The number of aliphatic hydroxyl groups is 3. The molecule has 3 aliphatic heterocycles. The first-order valence-corrected chi connectivity index (χ1v) is 20.8. The normalized spacial score (nSPS) is 27.6. The molecule has 2 bridgehead atoms. The van der Waals surface area contributed by atoms with Crippen molar-refractivity contribution in [2.45, 2.75) is 99.3 Å². The van der Waals surface area contributed by atoms with Crippen LogP contribution in [0.2, 0.25) is 0 Å². The molecule has 4 heterocycles. The molecule has 1 saturated heterocycles. The van der Waals surface area contributed by atoms with Crippen LogP contribution in [0, 0.1) is 11.8 Å². The van der Waals surface area contributed by atoms with Gasteiger partial charge in [0.15, 0.2) is 5.37 Å². The van der Waals surface area contributed by atoms with E-state index in [1.807, 2.05) is 0 Å². The maximum atomic E-state index is 14.4. The molecule has 338 valence electrons. The van der Waals surface area contributed by atoms with Gasteiger partial charge in [-0.05, 0) is 23.6 Å². The Kier molecular flexibility index (Phi) is 15.4. The van der Waals surface area contributed by atoms with E-state index >= 15 is 0 Å². The number of carbonyl (C=O) groups is 9. The highest BCUT2D eigenvalue weighted by Crippen LogP contribution is 2.35. The van der Waals surface area contributed by atoms with E-state index in [9.17, 15) is 63.6 Å². The number of phenolic OH excluding ortho intramolecular Hbond substituents is 1. The molecule has 0 aliphatic carbocycles.